The molecule has 0 bridgehead atoms. The molecule has 9 heteroatoms. The van der Waals surface area contributed by atoms with Crippen LogP contribution in [0.3, 0.4) is 0 Å². The molecule has 0 radical (unpaired) electrons. The number of nitrogens with one attached hydrogen (secondary N) is 1. The van der Waals surface area contributed by atoms with E-state index in [1.807, 2.05) is 11.0 Å². The highest BCUT2D eigenvalue weighted by molar-refractivity contribution is 7.20. The first-order valence-corrected chi connectivity index (χ1v) is 12.3. The first-order chi connectivity index (χ1) is 15.8. The highest BCUT2D eigenvalue weighted by atomic mass is 35.5. The molecule has 3 heterocycles. The molecule has 1 saturated carbocycles. The smallest absolute Gasteiger partial charge is 0.280 e. The predicted octanol–water partition coefficient (Wildman–Crippen LogP) is 3.72. The number of hydrogen-bond donors (Lipinski definition) is 1. The average molecular weight is 484 g/mol. The van der Waals surface area contributed by atoms with Crippen LogP contribution in [0.1, 0.15) is 34.6 Å². The molecule has 172 valence electrons. The van der Waals surface area contributed by atoms with Crippen LogP contribution in [0.4, 0.5) is 5.69 Å². The Labute approximate surface area is 201 Å². The van der Waals surface area contributed by atoms with Crippen molar-refractivity contribution in [2.45, 2.75) is 24.7 Å². The zero-order valence-electron chi connectivity index (χ0n) is 18.7. The summed E-state index contributed by atoms with van der Waals surface area (Å²) in [5.74, 6) is -0.0955. The van der Waals surface area contributed by atoms with Gasteiger partial charge in [0.05, 0.1) is 4.70 Å². The molecule has 2 aliphatic rings. The van der Waals surface area contributed by atoms with Crippen molar-refractivity contribution in [1.82, 2.24) is 20.2 Å². The van der Waals surface area contributed by atoms with E-state index in [1.165, 1.54) is 29.7 Å². The summed E-state index contributed by atoms with van der Waals surface area (Å²) in [6, 6.07) is 11.9. The Bertz CT molecular complexity index is 1210. The van der Waals surface area contributed by atoms with Gasteiger partial charge in [-0.3, -0.25) is 9.59 Å². The first-order valence-electron chi connectivity index (χ1n) is 11.1. The first kappa shape index (κ1) is 22.3. The summed E-state index contributed by atoms with van der Waals surface area (Å²) in [5, 5.41) is 3.63. The molecule has 1 atom stereocenters. The van der Waals surface area contributed by atoms with Crippen molar-refractivity contribution < 1.29 is 9.59 Å². The number of fused-ring (bicyclic) bond motifs is 1. The molecule has 2 fully saturated rings. The molecule has 1 aliphatic carbocycles. The monoisotopic (exact) mass is 483 g/mol. The van der Waals surface area contributed by atoms with Gasteiger partial charge in [0.1, 0.15) is 5.15 Å². The lowest BCUT2D eigenvalue weighted by molar-refractivity contribution is -0.117. The van der Waals surface area contributed by atoms with Crippen molar-refractivity contribution in [3.8, 4) is 0 Å². The summed E-state index contributed by atoms with van der Waals surface area (Å²) >= 11 is 7.18. The van der Waals surface area contributed by atoms with Crippen LogP contribution in [0.25, 0.3) is 10.3 Å². The van der Waals surface area contributed by atoms with Gasteiger partial charge in [0.2, 0.25) is 5.91 Å². The van der Waals surface area contributed by atoms with Crippen LogP contribution in [-0.2, 0) is 10.2 Å². The number of anilines is 1. The topological polar surface area (TPSA) is 78.4 Å². The highest BCUT2D eigenvalue weighted by Gasteiger charge is 2.44. The zero-order valence-corrected chi connectivity index (χ0v) is 20.2. The molecule has 1 unspecified atom stereocenters. The Morgan fingerprint density at radius 2 is 1.97 bits per heavy atom. The number of aromatic nitrogens is 2. The fraction of sp³-hybridized carbons (Fsp3) is 0.417. The molecule has 2 aromatic heterocycles. The van der Waals surface area contributed by atoms with Gasteiger partial charge < -0.3 is 15.1 Å². The van der Waals surface area contributed by atoms with Gasteiger partial charge in [0.15, 0.2) is 10.7 Å². The van der Waals surface area contributed by atoms with E-state index in [1.54, 1.807) is 6.07 Å². The lowest BCUT2D eigenvalue weighted by atomic mass is 9.95. The van der Waals surface area contributed by atoms with Gasteiger partial charge in [-0.15, -0.1) is 11.3 Å². The quantitative estimate of drug-likeness (QED) is 0.518. The number of amides is 2. The molecule has 1 N–H and O–H groups in total. The predicted molar refractivity (Wildman–Crippen MR) is 131 cm³/mol. The van der Waals surface area contributed by atoms with Gasteiger partial charge in [-0.2, -0.15) is 0 Å². The largest absolute Gasteiger partial charge is 0.350 e. The van der Waals surface area contributed by atoms with Crippen molar-refractivity contribution in [2.75, 3.05) is 38.6 Å². The summed E-state index contributed by atoms with van der Waals surface area (Å²) < 4.78 is 0.814. The third kappa shape index (κ3) is 4.60. The van der Waals surface area contributed by atoms with Gasteiger partial charge in [0.25, 0.3) is 5.91 Å². The second kappa shape index (κ2) is 8.66. The third-order valence-corrected chi connectivity index (χ3v) is 7.65. The van der Waals surface area contributed by atoms with Crippen LogP contribution in [0, 0.1) is 5.92 Å². The Morgan fingerprint density at radius 1 is 1.21 bits per heavy atom. The summed E-state index contributed by atoms with van der Waals surface area (Å²) in [7, 11) is 4.22. The van der Waals surface area contributed by atoms with E-state index < -0.39 is 0 Å². The molecule has 33 heavy (non-hydrogen) atoms. The number of carbonyl (C=O) groups is 2. The van der Waals surface area contributed by atoms with Crippen molar-refractivity contribution in [2.24, 2.45) is 5.92 Å². The molecular formula is C24H26ClN5O2S. The van der Waals surface area contributed by atoms with E-state index in [-0.39, 0.29) is 23.1 Å². The molecule has 1 aromatic carbocycles. The Morgan fingerprint density at radius 3 is 2.67 bits per heavy atom. The van der Waals surface area contributed by atoms with Gasteiger partial charge in [-0.1, -0.05) is 23.7 Å². The minimum absolute atomic E-state index is 0.0617. The average Bonchev–Trinajstić information content (AvgIpc) is 3.27. The normalized spacial score (nSPS) is 19.5. The van der Waals surface area contributed by atoms with E-state index in [0.29, 0.717) is 35.3 Å². The fourth-order valence-corrected chi connectivity index (χ4v) is 5.63. The molecular weight excluding hydrogens is 458 g/mol. The number of nitrogens with zero attached hydrogens (tertiary/aromatic N) is 4. The molecule has 0 spiro atoms. The van der Waals surface area contributed by atoms with Crippen LogP contribution in [0.5, 0.6) is 0 Å². The van der Waals surface area contributed by atoms with Crippen molar-refractivity contribution >= 4 is 50.8 Å². The van der Waals surface area contributed by atoms with E-state index in [0.717, 1.165) is 16.9 Å². The third-order valence-electron chi connectivity index (χ3n) is 6.43. The van der Waals surface area contributed by atoms with Crippen molar-refractivity contribution in [3.05, 3.63) is 52.1 Å². The molecule has 1 saturated heterocycles. The maximum atomic E-state index is 12.7. The lowest BCUT2D eigenvalue weighted by Gasteiger charge is -2.22. The van der Waals surface area contributed by atoms with Crippen LogP contribution >= 0.6 is 22.9 Å². The number of carbonyl (C=O) groups excluding carboxylic acids is 2. The van der Waals surface area contributed by atoms with Crippen LogP contribution < -0.4 is 10.2 Å². The fourth-order valence-electron chi connectivity index (χ4n) is 4.66. The zero-order chi connectivity index (χ0) is 23.2. The van der Waals surface area contributed by atoms with E-state index >= 15 is 0 Å². The van der Waals surface area contributed by atoms with Crippen LogP contribution in [0.15, 0.2) is 36.4 Å². The number of rotatable bonds is 7. The summed E-state index contributed by atoms with van der Waals surface area (Å²) in [4.78, 5) is 37.7. The minimum atomic E-state index is -0.250. The summed E-state index contributed by atoms with van der Waals surface area (Å²) in [5.41, 5.74) is 3.02. The number of pyridine rings is 1. The number of likely N-dealkylation sites (N-methyl/N-ethyl adjacent to an activating group) is 1. The summed E-state index contributed by atoms with van der Waals surface area (Å²) in [6.07, 6.45) is 2.85. The number of halogens is 1. The highest BCUT2D eigenvalue weighted by Crippen LogP contribution is 2.48. The van der Waals surface area contributed by atoms with E-state index in [2.05, 4.69) is 58.5 Å². The summed E-state index contributed by atoms with van der Waals surface area (Å²) in [6.45, 7) is 2.07. The second-order valence-corrected chi connectivity index (χ2v) is 10.7. The Balaban J connectivity index is 1.19. The van der Waals surface area contributed by atoms with Gasteiger partial charge in [0, 0.05) is 43.1 Å². The lowest BCUT2D eigenvalue weighted by Crippen LogP contribution is -2.31. The maximum absolute atomic E-state index is 12.7. The number of benzene rings is 1. The molecule has 5 rings (SSSR count). The van der Waals surface area contributed by atoms with Gasteiger partial charge in [-0.25, -0.2) is 9.97 Å². The van der Waals surface area contributed by atoms with Gasteiger partial charge >= 0.3 is 0 Å². The van der Waals surface area contributed by atoms with Crippen molar-refractivity contribution in [3.63, 3.8) is 0 Å². The second-order valence-electron chi connectivity index (χ2n) is 9.32. The Hall–Kier alpha value is -2.55. The number of thiazole rings is 1. The van der Waals surface area contributed by atoms with Gasteiger partial charge in [-0.05, 0) is 56.8 Å². The standard InChI is InChI=1S/C24H26ClN5O2S/c1-29(2)14-24(9-10-24)16-3-5-17(6-4-16)30-13-15(11-20(30)31)12-26-22(32)23-28-21-18(33-23)7-8-19(25)27-21/h3-8,15H,9-14H2,1-2H3,(H,26,32). The van der Waals surface area contributed by atoms with E-state index in [9.17, 15) is 9.59 Å². The molecule has 3 aromatic rings. The van der Waals surface area contributed by atoms with E-state index in [4.69, 9.17) is 11.6 Å². The van der Waals surface area contributed by atoms with Crippen LogP contribution in [0.2, 0.25) is 5.15 Å². The maximum Gasteiger partial charge on any atom is 0.280 e. The SMILES string of the molecule is CN(C)CC1(c2ccc(N3CC(CNC(=O)c4nc5nc(Cl)ccc5s4)CC3=O)cc2)CC1. The molecule has 1 aliphatic heterocycles. The van der Waals surface area contributed by atoms with Crippen molar-refractivity contribution in [1.29, 1.82) is 0 Å². The molecule has 2 amide bonds. The van der Waals surface area contributed by atoms with Crippen LogP contribution in [-0.4, -0.2) is 60.4 Å². The number of hydrogen-bond acceptors (Lipinski definition) is 6. The minimum Gasteiger partial charge on any atom is -0.350 e. The Kier molecular flexibility index (Phi) is 5.84. The molecule has 7 nitrogen and oxygen atoms in total.